The van der Waals surface area contributed by atoms with Crippen LogP contribution < -0.4 is 10.2 Å². The van der Waals surface area contributed by atoms with Crippen molar-refractivity contribution < 1.29 is 13.9 Å². The first-order chi connectivity index (χ1) is 9.20. The van der Waals surface area contributed by atoms with Crippen molar-refractivity contribution in [2.75, 3.05) is 7.11 Å². The molecule has 0 aliphatic heterocycles. The third-order valence-electron chi connectivity index (χ3n) is 2.58. The Kier molecular flexibility index (Phi) is 3.97. The lowest BCUT2D eigenvalue weighted by Gasteiger charge is -2.03. The molecule has 2 aromatic rings. The number of carbonyl (C=O) groups excluding carboxylic acids is 1. The van der Waals surface area contributed by atoms with Crippen LogP contribution in [-0.2, 0) is 0 Å². The molecule has 0 saturated heterocycles. The molecular weight excluding hydrogens is 244 g/mol. The second kappa shape index (κ2) is 5.86. The van der Waals surface area contributed by atoms with E-state index in [2.05, 4.69) is 10.5 Å². The molecule has 1 amide bonds. The van der Waals surface area contributed by atoms with E-state index < -0.39 is 0 Å². The van der Waals surface area contributed by atoms with Crippen LogP contribution in [0.1, 0.15) is 23.0 Å². The van der Waals surface area contributed by atoms with Crippen LogP contribution in [0.2, 0.25) is 0 Å². The summed E-state index contributed by atoms with van der Waals surface area (Å²) in [5.74, 6) is 0.625. The quantitative estimate of drug-likeness (QED) is 0.676. The number of amides is 1. The molecular formula is C14H14N2O3. The SMILES string of the molecule is COc1ccc(/C(C)=N/NC(=O)c2ccco2)cc1. The topological polar surface area (TPSA) is 63.8 Å². The number of methoxy groups -OCH3 is 1. The summed E-state index contributed by atoms with van der Waals surface area (Å²) in [5, 5.41) is 4.02. The van der Waals surface area contributed by atoms with E-state index in [9.17, 15) is 4.79 Å². The zero-order valence-corrected chi connectivity index (χ0v) is 10.7. The third kappa shape index (κ3) is 3.22. The van der Waals surface area contributed by atoms with Gasteiger partial charge in [-0.15, -0.1) is 0 Å². The zero-order valence-electron chi connectivity index (χ0n) is 10.7. The Labute approximate surface area is 110 Å². The van der Waals surface area contributed by atoms with Crippen LogP contribution in [0.4, 0.5) is 0 Å². The summed E-state index contributed by atoms with van der Waals surface area (Å²) in [4.78, 5) is 11.6. The van der Waals surface area contributed by atoms with E-state index in [1.54, 1.807) is 19.2 Å². The Bertz CT molecular complexity index is 571. The van der Waals surface area contributed by atoms with E-state index >= 15 is 0 Å². The minimum atomic E-state index is -0.377. The van der Waals surface area contributed by atoms with Crippen molar-refractivity contribution in [1.82, 2.24) is 5.43 Å². The van der Waals surface area contributed by atoms with Crippen LogP contribution in [0.3, 0.4) is 0 Å². The first-order valence-electron chi connectivity index (χ1n) is 5.73. The highest BCUT2D eigenvalue weighted by atomic mass is 16.5. The van der Waals surface area contributed by atoms with Crippen molar-refractivity contribution in [2.24, 2.45) is 5.10 Å². The summed E-state index contributed by atoms with van der Waals surface area (Å²) in [6.07, 6.45) is 1.44. The maximum atomic E-state index is 11.6. The summed E-state index contributed by atoms with van der Waals surface area (Å²) in [6, 6.07) is 10.6. The number of ether oxygens (including phenoxy) is 1. The summed E-state index contributed by atoms with van der Waals surface area (Å²) in [5.41, 5.74) is 4.04. The Hall–Kier alpha value is -2.56. The van der Waals surface area contributed by atoms with Crippen molar-refractivity contribution in [3.05, 3.63) is 54.0 Å². The number of carbonyl (C=O) groups is 1. The molecule has 0 radical (unpaired) electrons. The average molecular weight is 258 g/mol. The molecule has 0 aliphatic carbocycles. The highest BCUT2D eigenvalue weighted by molar-refractivity contribution is 6.00. The normalized spacial score (nSPS) is 11.2. The Morgan fingerprint density at radius 3 is 2.58 bits per heavy atom. The van der Waals surface area contributed by atoms with Crippen molar-refractivity contribution in [2.45, 2.75) is 6.92 Å². The number of benzene rings is 1. The fourth-order valence-corrected chi connectivity index (χ4v) is 1.49. The fraction of sp³-hybridized carbons (Fsp3) is 0.143. The second-order valence-corrected chi connectivity index (χ2v) is 3.84. The van der Waals surface area contributed by atoms with Crippen LogP contribution in [-0.4, -0.2) is 18.7 Å². The molecule has 0 spiro atoms. The first kappa shape index (κ1) is 12.9. The molecule has 5 heteroatoms. The van der Waals surface area contributed by atoms with E-state index in [1.807, 2.05) is 31.2 Å². The third-order valence-corrected chi connectivity index (χ3v) is 2.58. The molecule has 0 saturated carbocycles. The minimum Gasteiger partial charge on any atom is -0.497 e. The van der Waals surface area contributed by atoms with Crippen molar-refractivity contribution in [3.63, 3.8) is 0 Å². The number of furan rings is 1. The van der Waals surface area contributed by atoms with E-state index in [0.717, 1.165) is 11.3 Å². The van der Waals surface area contributed by atoms with Gasteiger partial charge in [-0.2, -0.15) is 5.10 Å². The largest absolute Gasteiger partial charge is 0.497 e. The fourth-order valence-electron chi connectivity index (χ4n) is 1.49. The van der Waals surface area contributed by atoms with Gasteiger partial charge in [0.25, 0.3) is 0 Å². The Balaban J connectivity index is 2.04. The zero-order chi connectivity index (χ0) is 13.7. The number of hydrogen-bond acceptors (Lipinski definition) is 4. The Morgan fingerprint density at radius 1 is 1.26 bits per heavy atom. The first-order valence-corrected chi connectivity index (χ1v) is 5.73. The monoisotopic (exact) mass is 258 g/mol. The maximum absolute atomic E-state index is 11.6. The molecule has 0 fully saturated rings. The molecule has 1 N–H and O–H groups in total. The molecule has 0 bridgehead atoms. The molecule has 0 atom stereocenters. The van der Waals surface area contributed by atoms with E-state index in [-0.39, 0.29) is 11.7 Å². The highest BCUT2D eigenvalue weighted by Crippen LogP contribution is 2.11. The lowest BCUT2D eigenvalue weighted by Crippen LogP contribution is -2.18. The molecule has 5 nitrogen and oxygen atoms in total. The van der Waals surface area contributed by atoms with Crippen LogP contribution in [0.5, 0.6) is 5.75 Å². The lowest BCUT2D eigenvalue weighted by atomic mass is 10.1. The van der Waals surface area contributed by atoms with Gasteiger partial charge in [-0.25, -0.2) is 5.43 Å². The van der Waals surface area contributed by atoms with Gasteiger partial charge in [0, 0.05) is 0 Å². The van der Waals surface area contributed by atoms with Crippen LogP contribution in [0.15, 0.2) is 52.2 Å². The lowest BCUT2D eigenvalue weighted by molar-refractivity contribution is 0.0927. The smallest absolute Gasteiger partial charge is 0.307 e. The van der Waals surface area contributed by atoms with Gasteiger partial charge in [-0.05, 0) is 48.9 Å². The number of nitrogens with one attached hydrogen (secondary N) is 1. The molecule has 1 aromatic heterocycles. The van der Waals surface area contributed by atoms with Gasteiger partial charge in [0.2, 0.25) is 0 Å². The molecule has 1 heterocycles. The van der Waals surface area contributed by atoms with E-state index in [1.165, 1.54) is 6.26 Å². The highest BCUT2D eigenvalue weighted by Gasteiger charge is 2.07. The van der Waals surface area contributed by atoms with Gasteiger partial charge in [-0.3, -0.25) is 4.79 Å². The van der Waals surface area contributed by atoms with E-state index in [4.69, 9.17) is 9.15 Å². The summed E-state index contributed by atoms with van der Waals surface area (Å²) >= 11 is 0. The van der Waals surface area contributed by atoms with Crippen LogP contribution in [0, 0.1) is 0 Å². The number of nitrogens with zero attached hydrogens (tertiary/aromatic N) is 1. The molecule has 98 valence electrons. The standard InChI is InChI=1S/C14H14N2O3/c1-10(11-5-7-12(18-2)8-6-11)15-16-14(17)13-4-3-9-19-13/h3-9H,1-2H3,(H,16,17)/b15-10+. The molecule has 1 aromatic carbocycles. The predicted octanol–water partition coefficient (Wildman–Crippen LogP) is 2.44. The van der Waals surface area contributed by atoms with Gasteiger partial charge < -0.3 is 9.15 Å². The van der Waals surface area contributed by atoms with Gasteiger partial charge in [0.15, 0.2) is 5.76 Å². The molecule has 0 aliphatic rings. The number of hydrazone groups is 1. The van der Waals surface area contributed by atoms with Gasteiger partial charge >= 0.3 is 5.91 Å². The van der Waals surface area contributed by atoms with Crippen LogP contribution >= 0.6 is 0 Å². The number of hydrogen-bond donors (Lipinski definition) is 1. The van der Waals surface area contributed by atoms with Crippen molar-refractivity contribution in [3.8, 4) is 5.75 Å². The van der Waals surface area contributed by atoms with Gasteiger partial charge in [0.1, 0.15) is 5.75 Å². The van der Waals surface area contributed by atoms with Gasteiger partial charge in [-0.1, -0.05) is 0 Å². The molecule has 2 rings (SSSR count). The maximum Gasteiger partial charge on any atom is 0.307 e. The minimum absolute atomic E-state index is 0.228. The van der Waals surface area contributed by atoms with Crippen molar-refractivity contribution >= 4 is 11.6 Å². The second-order valence-electron chi connectivity index (χ2n) is 3.84. The Morgan fingerprint density at radius 2 is 2.00 bits per heavy atom. The molecule has 19 heavy (non-hydrogen) atoms. The van der Waals surface area contributed by atoms with E-state index in [0.29, 0.717) is 5.71 Å². The van der Waals surface area contributed by atoms with Crippen molar-refractivity contribution in [1.29, 1.82) is 0 Å². The average Bonchev–Trinajstić information content (AvgIpc) is 2.98. The molecule has 0 unspecified atom stereocenters. The van der Waals surface area contributed by atoms with Gasteiger partial charge in [0.05, 0.1) is 19.1 Å². The summed E-state index contributed by atoms with van der Waals surface area (Å²) in [6.45, 7) is 1.81. The summed E-state index contributed by atoms with van der Waals surface area (Å²) in [7, 11) is 1.61. The summed E-state index contributed by atoms with van der Waals surface area (Å²) < 4.78 is 10.0. The predicted molar refractivity (Wildman–Crippen MR) is 71.4 cm³/mol. The number of rotatable bonds is 4. The van der Waals surface area contributed by atoms with Crippen LogP contribution in [0.25, 0.3) is 0 Å².